The topological polar surface area (TPSA) is 57.6 Å². The third-order valence-electron chi connectivity index (χ3n) is 3.82. The summed E-state index contributed by atoms with van der Waals surface area (Å²) in [5.41, 5.74) is 0.730. The number of hydrogen-bond acceptors (Lipinski definition) is 2. The Kier molecular flexibility index (Phi) is 4.37. The summed E-state index contributed by atoms with van der Waals surface area (Å²) in [6, 6.07) is 6.14. The zero-order chi connectivity index (χ0) is 14.7. The van der Waals surface area contributed by atoms with Crippen LogP contribution in [0.15, 0.2) is 24.3 Å². The molecule has 2 unspecified atom stereocenters. The molecule has 1 aliphatic carbocycles. The fourth-order valence-electron chi connectivity index (χ4n) is 2.73. The maximum Gasteiger partial charge on any atom is 0.306 e. The van der Waals surface area contributed by atoms with E-state index in [9.17, 15) is 14.0 Å². The van der Waals surface area contributed by atoms with Crippen molar-refractivity contribution in [2.24, 2.45) is 11.8 Å². The molecule has 1 saturated carbocycles. The average molecular weight is 279 g/mol. The molecule has 0 aromatic heterocycles. The van der Waals surface area contributed by atoms with Gasteiger partial charge in [-0.25, -0.2) is 4.39 Å². The lowest BCUT2D eigenvalue weighted by Gasteiger charge is -2.21. The van der Waals surface area contributed by atoms with Crippen LogP contribution in [0.5, 0.6) is 0 Å². The molecule has 1 aromatic rings. The van der Waals surface area contributed by atoms with Gasteiger partial charge in [-0.2, -0.15) is 0 Å². The van der Waals surface area contributed by atoms with Crippen molar-refractivity contribution >= 4 is 11.9 Å². The lowest BCUT2D eigenvalue weighted by molar-refractivity contribution is -0.141. The lowest BCUT2D eigenvalue weighted by atomic mass is 10.0. The van der Waals surface area contributed by atoms with Crippen molar-refractivity contribution < 1.29 is 19.1 Å². The predicted octanol–water partition coefficient (Wildman–Crippen LogP) is 2.29. The van der Waals surface area contributed by atoms with Gasteiger partial charge in [-0.15, -0.1) is 0 Å². The second kappa shape index (κ2) is 6.03. The van der Waals surface area contributed by atoms with E-state index in [1.54, 1.807) is 24.1 Å². The molecule has 5 heteroatoms. The Morgan fingerprint density at radius 1 is 1.35 bits per heavy atom. The first-order chi connectivity index (χ1) is 9.47. The van der Waals surface area contributed by atoms with Crippen molar-refractivity contribution in [2.45, 2.75) is 25.8 Å². The zero-order valence-electron chi connectivity index (χ0n) is 11.4. The quantitative estimate of drug-likeness (QED) is 0.920. The van der Waals surface area contributed by atoms with Crippen LogP contribution in [0, 0.1) is 17.7 Å². The van der Waals surface area contributed by atoms with Crippen LogP contribution >= 0.6 is 0 Å². The maximum atomic E-state index is 13.1. The number of nitrogens with zero attached hydrogens (tertiary/aromatic N) is 1. The number of hydrogen-bond donors (Lipinski definition) is 1. The molecule has 0 bridgehead atoms. The Morgan fingerprint density at radius 2 is 2.05 bits per heavy atom. The number of amides is 1. The highest BCUT2D eigenvalue weighted by molar-refractivity contribution is 5.80. The summed E-state index contributed by atoms with van der Waals surface area (Å²) >= 11 is 0. The first-order valence-electron chi connectivity index (χ1n) is 6.69. The molecule has 0 radical (unpaired) electrons. The summed E-state index contributed by atoms with van der Waals surface area (Å²) in [6.45, 7) is 0.338. The normalized spacial score (nSPS) is 21.7. The number of carbonyl (C=O) groups excluding carboxylic acids is 1. The molecular weight excluding hydrogens is 261 g/mol. The van der Waals surface area contributed by atoms with Crippen LogP contribution in [0.4, 0.5) is 4.39 Å². The summed E-state index contributed by atoms with van der Waals surface area (Å²) in [5, 5.41) is 8.95. The first kappa shape index (κ1) is 14.5. The van der Waals surface area contributed by atoms with E-state index in [-0.39, 0.29) is 17.6 Å². The fraction of sp³-hybridized carbons (Fsp3) is 0.467. The average Bonchev–Trinajstić information content (AvgIpc) is 2.87. The van der Waals surface area contributed by atoms with Crippen molar-refractivity contribution in [1.29, 1.82) is 0 Å². The molecule has 0 heterocycles. The van der Waals surface area contributed by atoms with E-state index in [1.807, 2.05) is 0 Å². The Labute approximate surface area is 117 Å². The van der Waals surface area contributed by atoms with Crippen LogP contribution < -0.4 is 0 Å². The lowest BCUT2D eigenvalue weighted by Crippen LogP contribution is -2.31. The van der Waals surface area contributed by atoms with Crippen LogP contribution in [-0.2, 0) is 16.1 Å². The van der Waals surface area contributed by atoms with Crippen LogP contribution in [0.25, 0.3) is 0 Å². The number of rotatable bonds is 4. The van der Waals surface area contributed by atoms with Gasteiger partial charge in [0.05, 0.1) is 5.92 Å². The van der Waals surface area contributed by atoms with Crippen molar-refractivity contribution in [2.75, 3.05) is 7.05 Å². The second-order valence-corrected chi connectivity index (χ2v) is 5.37. The molecular formula is C15H18FNO3. The molecule has 4 nitrogen and oxygen atoms in total. The fourth-order valence-corrected chi connectivity index (χ4v) is 2.73. The Hall–Kier alpha value is -1.91. The van der Waals surface area contributed by atoms with Crippen LogP contribution in [0.1, 0.15) is 24.8 Å². The molecule has 20 heavy (non-hydrogen) atoms. The van der Waals surface area contributed by atoms with Gasteiger partial charge in [0.25, 0.3) is 0 Å². The standard InChI is InChI=1S/C15H18FNO3/c1-17(9-10-3-2-4-13(16)7-10)14(18)11-5-6-12(8-11)15(19)20/h2-4,7,11-12H,5-6,8-9H2,1H3,(H,19,20). The first-order valence-corrected chi connectivity index (χ1v) is 6.69. The van der Waals surface area contributed by atoms with Crippen LogP contribution in [-0.4, -0.2) is 28.9 Å². The number of carboxylic acids is 1. The SMILES string of the molecule is CN(Cc1cccc(F)c1)C(=O)C1CCC(C(=O)O)C1. The van der Waals surface area contributed by atoms with Gasteiger partial charge in [0, 0.05) is 19.5 Å². The van der Waals surface area contributed by atoms with E-state index in [1.165, 1.54) is 12.1 Å². The molecule has 0 saturated heterocycles. The van der Waals surface area contributed by atoms with Gasteiger partial charge in [0.2, 0.25) is 5.91 Å². The molecule has 108 valence electrons. The number of aliphatic carboxylic acids is 1. The van der Waals surface area contributed by atoms with Crippen LogP contribution in [0.3, 0.4) is 0 Å². The highest BCUT2D eigenvalue weighted by atomic mass is 19.1. The summed E-state index contributed by atoms with van der Waals surface area (Å²) in [5.74, 6) is -1.84. The molecule has 1 N–H and O–H groups in total. The number of halogens is 1. The molecule has 1 aliphatic rings. The van der Waals surface area contributed by atoms with Crippen molar-refractivity contribution in [1.82, 2.24) is 4.90 Å². The van der Waals surface area contributed by atoms with Gasteiger partial charge >= 0.3 is 5.97 Å². The molecule has 0 aliphatic heterocycles. The molecule has 0 spiro atoms. The Morgan fingerprint density at radius 3 is 2.65 bits per heavy atom. The summed E-state index contributed by atoms with van der Waals surface area (Å²) in [4.78, 5) is 24.7. The number of carboxylic acid groups (broad SMARTS) is 1. The summed E-state index contributed by atoms with van der Waals surface area (Å²) < 4.78 is 13.1. The van der Waals surface area contributed by atoms with Gasteiger partial charge in [-0.3, -0.25) is 9.59 Å². The van der Waals surface area contributed by atoms with E-state index < -0.39 is 11.9 Å². The van der Waals surface area contributed by atoms with Crippen molar-refractivity contribution in [3.8, 4) is 0 Å². The maximum absolute atomic E-state index is 13.1. The number of benzene rings is 1. The van der Waals surface area contributed by atoms with Crippen LogP contribution in [0.2, 0.25) is 0 Å². The van der Waals surface area contributed by atoms with E-state index >= 15 is 0 Å². The van der Waals surface area contributed by atoms with Gasteiger partial charge in [0.1, 0.15) is 5.82 Å². The Bertz CT molecular complexity index is 518. The predicted molar refractivity (Wildman–Crippen MR) is 71.3 cm³/mol. The minimum Gasteiger partial charge on any atom is -0.481 e. The highest BCUT2D eigenvalue weighted by Gasteiger charge is 2.35. The number of carbonyl (C=O) groups is 2. The minimum absolute atomic E-state index is 0.0574. The Balaban J connectivity index is 1.94. The molecule has 2 rings (SSSR count). The van der Waals surface area contributed by atoms with Crippen molar-refractivity contribution in [3.05, 3.63) is 35.6 Å². The van der Waals surface area contributed by atoms with E-state index in [0.29, 0.717) is 25.8 Å². The monoisotopic (exact) mass is 279 g/mol. The van der Waals surface area contributed by atoms with E-state index in [0.717, 1.165) is 5.56 Å². The third kappa shape index (κ3) is 3.35. The van der Waals surface area contributed by atoms with Gasteiger partial charge in [-0.1, -0.05) is 12.1 Å². The van der Waals surface area contributed by atoms with Gasteiger partial charge in [0.15, 0.2) is 0 Å². The smallest absolute Gasteiger partial charge is 0.306 e. The molecule has 1 amide bonds. The van der Waals surface area contributed by atoms with E-state index in [2.05, 4.69) is 0 Å². The van der Waals surface area contributed by atoms with Crippen molar-refractivity contribution in [3.63, 3.8) is 0 Å². The highest BCUT2D eigenvalue weighted by Crippen LogP contribution is 2.32. The third-order valence-corrected chi connectivity index (χ3v) is 3.82. The second-order valence-electron chi connectivity index (χ2n) is 5.37. The van der Waals surface area contributed by atoms with Gasteiger partial charge < -0.3 is 10.0 Å². The largest absolute Gasteiger partial charge is 0.481 e. The molecule has 1 aromatic carbocycles. The zero-order valence-corrected chi connectivity index (χ0v) is 11.4. The van der Waals surface area contributed by atoms with E-state index in [4.69, 9.17) is 5.11 Å². The summed E-state index contributed by atoms with van der Waals surface area (Å²) in [7, 11) is 1.67. The molecule has 2 atom stereocenters. The summed E-state index contributed by atoms with van der Waals surface area (Å²) in [6.07, 6.45) is 1.57. The minimum atomic E-state index is -0.826. The molecule has 1 fully saturated rings. The van der Waals surface area contributed by atoms with Gasteiger partial charge in [-0.05, 0) is 37.0 Å².